The number of pyridine rings is 1. The van der Waals surface area contributed by atoms with E-state index in [-0.39, 0.29) is 6.61 Å². The highest BCUT2D eigenvalue weighted by molar-refractivity contribution is 7.07. The Labute approximate surface area is 167 Å². The summed E-state index contributed by atoms with van der Waals surface area (Å²) >= 11 is 1.57. The van der Waals surface area contributed by atoms with Crippen LogP contribution >= 0.6 is 11.3 Å². The first-order valence-corrected chi connectivity index (χ1v) is 9.60. The number of hydrogen-bond acceptors (Lipinski definition) is 7. The van der Waals surface area contributed by atoms with Gasteiger partial charge in [0.15, 0.2) is 6.61 Å². The molecule has 1 amide bonds. The molecule has 8 heteroatoms. The van der Waals surface area contributed by atoms with Crippen molar-refractivity contribution in [2.24, 2.45) is 5.73 Å². The van der Waals surface area contributed by atoms with Crippen molar-refractivity contribution in [3.05, 3.63) is 58.5 Å². The van der Waals surface area contributed by atoms with Crippen molar-refractivity contribution in [2.75, 3.05) is 20.8 Å². The van der Waals surface area contributed by atoms with E-state index in [0.29, 0.717) is 24.7 Å². The van der Waals surface area contributed by atoms with Crippen LogP contribution in [0.15, 0.2) is 47.3 Å². The largest absolute Gasteiger partial charge is 0.483 e. The molecule has 0 aliphatic heterocycles. The van der Waals surface area contributed by atoms with Crippen LogP contribution in [0.3, 0.4) is 0 Å². The molecule has 0 radical (unpaired) electrons. The molecular weight excluding hydrogens is 376 g/mol. The molecule has 0 saturated carbocycles. The van der Waals surface area contributed by atoms with Gasteiger partial charge in [-0.1, -0.05) is 6.07 Å². The molecule has 28 heavy (non-hydrogen) atoms. The van der Waals surface area contributed by atoms with Gasteiger partial charge in [0.05, 0.1) is 24.0 Å². The van der Waals surface area contributed by atoms with Crippen LogP contribution < -0.4 is 15.2 Å². The Morgan fingerprint density at radius 1 is 1.25 bits per heavy atom. The molecule has 0 fully saturated rings. The topological polar surface area (TPSA) is 90.6 Å². The summed E-state index contributed by atoms with van der Waals surface area (Å²) in [6.07, 6.45) is 0. The standard InChI is InChI=1S/C20H22N4O3S/c1-24(10-16-12-28-13-22-16)9-15-8-14(6-7-18(15)27-11-19(21)25)17-4-3-5-20(23-17)26-2/h3-8,12-13H,9-11H2,1-2H3,(H2,21,25). The number of hydrogen-bond donors (Lipinski definition) is 1. The average Bonchev–Trinajstić information content (AvgIpc) is 3.19. The highest BCUT2D eigenvalue weighted by Crippen LogP contribution is 2.28. The lowest BCUT2D eigenvalue weighted by Crippen LogP contribution is -2.22. The van der Waals surface area contributed by atoms with Crippen LogP contribution in [0.4, 0.5) is 0 Å². The second-order valence-corrected chi connectivity index (χ2v) is 7.01. The lowest BCUT2D eigenvalue weighted by atomic mass is 10.1. The van der Waals surface area contributed by atoms with Gasteiger partial charge >= 0.3 is 0 Å². The van der Waals surface area contributed by atoms with Crippen molar-refractivity contribution < 1.29 is 14.3 Å². The number of carbonyl (C=O) groups is 1. The Kier molecular flexibility index (Phi) is 6.57. The number of aromatic nitrogens is 2. The highest BCUT2D eigenvalue weighted by Gasteiger charge is 2.12. The molecular formula is C20H22N4O3S. The number of primary amides is 1. The number of benzene rings is 1. The minimum atomic E-state index is -0.514. The maximum absolute atomic E-state index is 11.1. The molecule has 0 aliphatic carbocycles. The van der Waals surface area contributed by atoms with Crippen LogP contribution in [0.25, 0.3) is 11.3 Å². The van der Waals surface area contributed by atoms with Gasteiger partial charge in [-0.15, -0.1) is 11.3 Å². The average molecular weight is 398 g/mol. The van der Waals surface area contributed by atoms with Crippen molar-refractivity contribution in [3.8, 4) is 22.9 Å². The molecule has 0 saturated heterocycles. The number of methoxy groups -OCH3 is 1. The second kappa shape index (κ2) is 9.29. The van der Waals surface area contributed by atoms with Gasteiger partial charge in [-0.3, -0.25) is 9.69 Å². The van der Waals surface area contributed by atoms with Gasteiger partial charge < -0.3 is 15.2 Å². The monoisotopic (exact) mass is 398 g/mol. The van der Waals surface area contributed by atoms with Crippen molar-refractivity contribution >= 4 is 17.2 Å². The predicted molar refractivity (Wildman–Crippen MR) is 108 cm³/mol. The molecule has 3 rings (SSSR count). The number of ether oxygens (including phenoxy) is 2. The van der Waals surface area contributed by atoms with Gasteiger partial charge in [0.25, 0.3) is 5.91 Å². The second-order valence-electron chi connectivity index (χ2n) is 6.29. The lowest BCUT2D eigenvalue weighted by molar-refractivity contribution is -0.119. The minimum Gasteiger partial charge on any atom is -0.483 e. The Morgan fingerprint density at radius 2 is 2.11 bits per heavy atom. The minimum absolute atomic E-state index is 0.167. The molecule has 1 aromatic carbocycles. The van der Waals surface area contributed by atoms with Crippen LogP contribution in [0.2, 0.25) is 0 Å². The molecule has 2 heterocycles. The Hall–Kier alpha value is -2.97. The van der Waals surface area contributed by atoms with Crippen LogP contribution in [-0.2, 0) is 17.9 Å². The number of carbonyl (C=O) groups excluding carboxylic acids is 1. The molecule has 2 aromatic heterocycles. The number of amides is 1. The molecule has 0 aliphatic rings. The Balaban J connectivity index is 1.87. The first-order chi connectivity index (χ1) is 13.5. The van der Waals surface area contributed by atoms with Crippen LogP contribution in [0, 0.1) is 0 Å². The summed E-state index contributed by atoms with van der Waals surface area (Å²) in [6.45, 7) is 1.16. The fraction of sp³-hybridized carbons (Fsp3) is 0.250. The summed E-state index contributed by atoms with van der Waals surface area (Å²) < 4.78 is 10.8. The first-order valence-electron chi connectivity index (χ1n) is 8.66. The highest BCUT2D eigenvalue weighted by atomic mass is 32.1. The molecule has 3 aromatic rings. The van der Waals surface area contributed by atoms with Gasteiger partial charge in [-0.05, 0) is 31.3 Å². The van der Waals surface area contributed by atoms with Crippen molar-refractivity contribution in [2.45, 2.75) is 13.1 Å². The van der Waals surface area contributed by atoms with Crippen LogP contribution in [0.5, 0.6) is 11.6 Å². The zero-order valence-electron chi connectivity index (χ0n) is 15.8. The SMILES string of the molecule is COc1cccc(-c2ccc(OCC(N)=O)c(CN(C)Cc3cscn3)c2)n1. The maximum Gasteiger partial charge on any atom is 0.255 e. The fourth-order valence-corrected chi connectivity index (χ4v) is 3.33. The van der Waals surface area contributed by atoms with Gasteiger partial charge in [0.1, 0.15) is 5.75 Å². The zero-order valence-corrected chi connectivity index (χ0v) is 16.6. The van der Waals surface area contributed by atoms with E-state index in [4.69, 9.17) is 15.2 Å². The summed E-state index contributed by atoms with van der Waals surface area (Å²) in [6, 6.07) is 11.4. The van der Waals surface area contributed by atoms with Gasteiger partial charge in [0.2, 0.25) is 5.88 Å². The summed E-state index contributed by atoms with van der Waals surface area (Å²) in [5, 5.41) is 2.03. The predicted octanol–water partition coefficient (Wildman–Crippen LogP) is 2.71. The Morgan fingerprint density at radius 3 is 2.82 bits per heavy atom. The fourth-order valence-electron chi connectivity index (χ4n) is 2.78. The summed E-state index contributed by atoms with van der Waals surface area (Å²) in [5.41, 5.74) is 10.7. The van der Waals surface area contributed by atoms with Crippen LogP contribution in [0.1, 0.15) is 11.3 Å². The summed E-state index contributed by atoms with van der Waals surface area (Å²) in [4.78, 5) is 22.1. The van der Waals surface area contributed by atoms with Crippen molar-refractivity contribution in [1.29, 1.82) is 0 Å². The van der Waals surface area contributed by atoms with Crippen molar-refractivity contribution in [1.82, 2.24) is 14.9 Å². The number of thiazole rings is 1. The first kappa shape index (κ1) is 19.8. The molecule has 0 unspecified atom stereocenters. The normalized spacial score (nSPS) is 10.8. The van der Waals surface area contributed by atoms with Gasteiger partial charge in [-0.25, -0.2) is 9.97 Å². The number of rotatable bonds is 9. The summed E-state index contributed by atoms with van der Waals surface area (Å²) in [5.74, 6) is 0.657. The van der Waals surface area contributed by atoms with E-state index >= 15 is 0 Å². The molecule has 146 valence electrons. The maximum atomic E-state index is 11.1. The van der Waals surface area contributed by atoms with E-state index in [9.17, 15) is 4.79 Å². The number of nitrogens with two attached hydrogens (primary N) is 1. The zero-order chi connectivity index (χ0) is 19.9. The third-order valence-corrected chi connectivity index (χ3v) is 4.65. The quantitative estimate of drug-likeness (QED) is 0.596. The van der Waals surface area contributed by atoms with Gasteiger partial charge in [0, 0.05) is 35.7 Å². The van der Waals surface area contributed by atoms with E-state index in [1.165, 1.54) is 0 Å². The smallest absolute Gasteiger partial charge is 0.255 e. The van der Waals surface area contributed by atoms with E-state index in [0.717, 1.165) is 22.5 Å². The molecule has 2 N–H and O–H groups in total. The molecule has 0 bridgehead atoms. The van der Waals surface area contributed by atoms with Crippen LogP contribution in [-0.4, -0.2) is 41.5 Å². The Bertz CT molecular complexity index is 931. The number of nitrogens with zero attached hydrogens (tertiary/aromatic N) is 3. The van der Waals surface area contributed by atoms with E-state index in [2.05, 4.69) is 14.9 Å². The van der Waals surface area contributed by atoms with Gasteiger partial charge in [-0.2, -0.15) is 0 Å². The molecule has 7 nitrogen and oxygen atoms in total. The van der Waals surface area contributed by atoms with E-state index < -0.39 is 5.91 Å². The lowest BCUT2D eigenvalue weighted by Gasteiger charge is -2.19. The van der Waals surface area contributed by atoms with E-state index in [1.807, 2.05) is 48.3 Å². The summed E-state index contributed by atoms with van der Waals surface area (Å²) in [7, 11) is 3.60. The third-order valence-electron chi connectivity index (χ3n) is 4.01. The molecule has 0 atom stereocenters. The third kappa shape index (κ3) is 5.28. The van der Waals surface area contributed by atoms with E-state index in [1.54, 1.807) is 24.5 Å². The van der Waals surface area contributed by atoms with Crippen molar-refractivity contribution in [3.63, 3.8) is 0 Å². The molecule has 0 spiro atoms.